The lowest BCUT2D eigenvalue weighted by atomic mass is 10.2. The van der Waals surface area contributed by atoms with Crippen LogP contribution in [0, 0.1) is 0 Å². The largest absolute Gasteiger partial charge is 0.467 e. The number of hydrogen-bond donors (Lipinski definition) is 0. The molecule has 0 aliphatic heterocycles. The second-order valence-corrected chi connectivity index (χ2v) is 7.19. The summed E-state index contributed by atoms with van der Waals surface area (Å²) in [7, 11) is -3.69. The summed E-state index contributed by atoms with van der Waals surface area (Å²) in [6.07, 6.45) is 3.91. The molecular weight excluding hydrogens is 358 g/mol. The lowest BCUT2D eigenvalue weighted by Gasteiger charge is -2.22. The third-order valence-electron chi connectivity index (χ3n) is 3.52. The lowest BCUT2D eigenvalue weighted by Crippen LogP contribution is -2.30. The quantitative estimate of drug-likeness (QED) is 0.590. The Hall–Kier alpha value is -3.00. The number of nitrogens with zero attached hydrogens (tertiary/aromatic N) is 1. The summed E-state index contributed by atoms with van der Waals surface area (Å²) in [6, 6.07) is 13.3. The number of rotatable bonds is 7. The normalized spacial score (nSPS) is 11.3. The highest BCUT2D eigenvalue weighted by Crippen LogP contribution is 2.23. The molecule has 3 aromatic rings. The van der Waals surface area contributed by atoms with Crippen LogP contribution >= 0.6 is 0 Å². The van der Waals surface area contributed by atoms with Crippen molar-refractivity contribution < 1.29 is 26.2 Å². The Labute approximate surface area is 150 Å². The highest BCUT2D eigenvalue weighted by Gasteiger charge is 2.22. The van der Waals surface area contributed by atoms with Gasteiger partial charge in [0.05, 0.1) is 31.9 Å². The van der Waals surface area contributed by atoms with Crippen LogP contribution in [0.3, 0.4) is 0 Å². The minimum Gasteiger partial charge on any atom is -0.467 e. The third-order valence-corrected chi connectivity index (χ3v) is 4.00. The van der Waals surface area contributed by atoms with Crippen LogP contribution in [0.25, 0.3) is 0 Å². The summed E-state index contributed by atoms with van der Waals surface area (Å²) in [5.74, 6) is 0.594. The van der Waals surface area contributed by atoms with Crippen molar-refractivity contribution in [1.29, 1.82) is 0 Å². The molecule has 8 heteroatoms. The van der Waals surface area contributed by atoms with Crippen molar-refractivity contribution in [1.82, 2.24) is 4.90 Å². The third kappa shape index (κ3) is 4.54. The molecule has 136 valence electrons. The van der Waals surface area contributed by atoms with E-state index in [0.29, 0.717) is 11.3 Å². The molecule has 0 saturated carbocycles. The fraction of sp³-hybridized carbons (Fsp3) is 0.167. The van der Waals surface area contributed by atoms with E-state index in [1.165, 1.54) is 17.4 Å². The van der Waals surface area contributed by atoms with Crippen molar-refractivity contribution in [2.75, 3.05) is 6.26 Å². The van der Waals surface area contributed by atoms with Gasteiger partial charge in [-0.3, -0.25) is 4.79 Å². The van der Waals surface area contributed by atoms with Crippen LogP contribution in [0.15, 0.2) is 69.9 Å². The van der Waals surface area contributed by atoms with Gasteiger partial charge in [-0.1, -0.05) is 18.2 Å². The molecule has 0 aliphatic rings. The molecule has 0 saturated heterocycles. The van der Waals surface area contributed by atoms with Gasteiger partial charge in [-0.25, -0.2) is 0 Å². The molecule has 2 heterocycles. The monoisotopic (exact) mass is 375 g/mol. The van der Waals surface area contributed by atoms with Crippen LogP contribution in [-0.4, -0.2) is 25.5 Å². The summed E-state index contributed by atoms with van der Waals surface area (Å²) in [4.78, 5) is 14.3. The molecule has 0 atom stereocenters. The number of benzene rings is 1. The molecule has 3 rings (SSSR count). The van der Waals surface area contributed by atoms with Crippen molar-refractivity contribution in [2.24, 2.45) is 0 Å². The first-order valence-corrected chi connectivity index (χ1v) is 9.56. The molecule has 0 bridgehead atoms. The Kier molecular flexibility index (Phi) is 5.13. The average Bonchev–Trinajstić information content (AvgIpc) is 3.27. The first-order valence-electron chi connectivity index (χ1n) is 7.75. The molecule has 0 unspecified atom stereocenters. The molecule has 1 amide bonds. The van der Waals surface area contributed by atoms with Gasteiger partial charge in [-0.15, -0.1) is 0 Å². The zero-order chi connectivity index (χ0) is 18.6. The summed E-state index contributed by atoms with van der Waals surface area (Å²) < 4.78 is 38.5. The SMILES string of the molecule is CS(=O)(=O)Oc1ccccc1CN(Cc1ccco1)C(=O)c1ccco1. The van der Waals surface area contributed by atoms with E-state index in [4.69, 9.17) is 13.0 Å². The molecule has 7 nitrogen and oxygen atoms in total. The summed E-state index contributed by atoms with van der Waals surface area (Å²) in [6.45, 7) is 0.311. The fourth-order valence-corrected chi connectivity index (χ4v) is 2.92. The molecule has 0 N–H and O–H groups in total. The van der Waals surface area contributed by atoms with E-state index in [-0.39, 0.29) is 30.5 Å². The van der Waals surface area contributed by atoms with E-state index in [2.05, 4.69) is 0 Å². The van der Waals surface area contributed by atoms with E-state index in [1.54, 1.807) is 48.5 Å². The van der Waals surface area contributed by atoms with E-state index in [0.717, 1.165) is 6.26 Å². The minimum atomic E-state index is -3.69. The summed E-state index contributed by atoms with van der Waals surface area (Å²) in [5.41, 5.74) is 0.546. The van der Waals surface area contributed by atoms with Gasteiger partial charge in [0.15, 0.2) is 5.76 Å². The Morgan fingerprint density at radius 1 is 1.00 bits per heavy atom. The van der Waals surface area contributed by atoms with Gasteiger partial charge in [0, 0.05) is 5.56 Å². The maximum Gasteiger partial charge on any atom is 0.306 e. The number of para-hydroxylation sites is 1. The van der Waals surface area contributed by atoms with E-state index in [1.807, 2.05) is 0 Å². The molecular formula is C18H17NO6S. The first-order chi connectivity index (χ1) is 12.4. The van der Waals surface area contributed by atoms with Crippen LogP contribution in [0.4, 0.5) is 0 Å². The number of hydrogen-bond acceptors (Lipinski definition) is 6. The van der Waals surface area contributed by atoms with Crippen LogP contribution in [0.5, 0.6) is 5.75 Å². The molecule has 0 aliphatic carbocycles. The van der Waals surface area contributed by atoms with Gasteiger partial charge in [-0.2, -0.15) is 8.42 Å². The fourth-order valence-electron chi connectivity index (χ4n) is 2.43. The standard InChI is InChI=1S/C18H17NO6S/c1-26(21,22)25-16-8-3-2-6-14(16)12-19(13-15-7-4-10-23-15)18(20)17-9-5-11-24-17/h2-11H,12-13H2,1H3. The Morgan fingerprint density at radius 3 is 2.38 bits per heavy atom. The minimum absolute atomic E-state index is 0.117. The Bertz CT molecular complexity index is 961. The van der Waals surface area contributed by atoms with Crippen molar-refractivity contribution in [3.8, 4) is 5.75 Å². The second kappa shape index (κ2) is 7.49. The van der Waals surface area contributed by atoms with Crippen LogP contribution < -0.4 is 4.18 Å². The van der Waals surface area contributed by atoms with Gasteiger partial charge >= 0.3 is 10.1 Å². The molecule has 0 spiro atoms. The van der Waals surface area contributed by atoms with Gasteiger partial charge in [0.1, 0.15) is 11.5 Å². The number of amides is 1. The van der Waals surface area contributed by atoms with Gasteiger partial charge < -0.3 is 17.9 Å². The van der Waals surface area contributed by atoms with Crippen molar-refractivity contribution >= 4 is 16.0 Å². The molecule has 0 radical (unpaired) electrons. The van der Waals surface area contributed by atoms with Crippen LogP contribution in [0.1, 0.15) is 21.9 Å². The maximum atomic E-state index is 12.8. The Balaban J connectivity index is 1.89. The molecule has 26 heavy (non-hydrogen) atoms. The van der Waals surface area contributed by atoms with E-state index in [9.17, 15) is 13.2 Å². The molecule has 0 fully saturated rings. The second-order valence-electron chi connectivity index (χ2n) is 5.61. The smallest absolute Gasteiger partial charge is 0.306 e. The lowest BCUT2D eigenvalue weighted by molar-refractivity contribution is 0.0684. The highest BCUT2D eigenvalue weighted by molar-refractivity contribution is 7.86. The van der Waals surface area contributed by atoms with Crippen molar-refractivity contribution in [2.45, 2.75) is 13.1 Å². The predicted octanol–water partition coefficient (Wildman–Crippen LogP) is 3.05. The number of carbonyl (C=O) groups excluding carboxylic acids is 1. The average molecular weight is 375 g/mol. The zero-order valence-corrected chi connectivity index (χ0v) is 14.8. The first kappa shape index (κ1) is 17.8. The summed E-state index contributed by atoms with van der Waals surface area (Å²) >= 11 is 0. The number of carbonyl (C=O) groups is 1. The van der Waals surface area contributed by atoms with Crippen LogP contribution in [-0.2, 0) is 23.2 Å². The van der Waals surface area contributed by atoms with E-state index < -0.39 is 10.1 Å². The summed E-state index contributed by atoms with van der Waals surface area (Å²) in [5, 5.41) is 0. The number of furan rings is 2. The van der Waals surface area contributed by atoms with Crippen molar-refractivity contribution in [3.05, 3.63) is 78.1 Å². The predicted molar refractivity (Wildman–Crippen MR) is 92.9 cm³/mol. The van der Waals surface area contributed by atoms with E-state index >= 15 is 0 Å². The Morgan fingerprint density at radius 2 is 1.73 bits per heavy atom. The topological polar surface area (TPSA) is 90.0 Å². The van der Waals surface area contributed by atoms with Crippen molar-refractivity contribution in [3.63, 3.8) is 0 Å². The van der Waals surface area contributed by atoms with Crippen LogP contribution in [0.2, 0.25) is 0 Å². The van der Waals surface area contributed by atoms with Gasteiger partial charge in [0.25, 0.3) is 5.91 Å². The zero-order valence-electron chi connectivity index (χ0n) is 14.0. The highest BCUT2D eigenvalue weighted by atomic mass is 32.2. The maximum absolute atomic E-state index is 12.8. The molecule has 1 aromatic carbocycles. The van der Waals surface area contributed by atoms with Gasteiger partial charge in [0.2, 0.25) is 0 Å². The molecule has 2 aromatic heterocycles. The van der Waals surface area contributed by atoms with Gasteiger partial charge in [-0.05, 0) is 30.3 Å².